The van der Waals surface area contributed by atoms with Crippen LogP contribution in [0.4, 0.5) is 5.69 Å². The molecular weight excluding hydrogens is 574 g/mol. The Bertz CT molecular complexity index is 1660. The molecule has 1 aliphatic rings. The molecule has 0 aliphatic carbocycles. The van der Waals surface area contributed by atoms with Gasteiger partial charge < -0.3 is 14.7 Å². The lowest BCUT2D eigenvalue weighted by atomic mass is 9.98. The summed E-state index contributed by atoms with van der Waals surface area (Å²) in [5, 5.41) is 9.98. The number of fused-ring (bicyclic) bond motifs is 1. The fourth-order valence-electron chi connectivity index (χ4n) is 5.46. The highest BCUT2D eigenvalue weighted by Crippen LogP contribution is 2.36. The van der Waals surface area contributed by atoms with Gasteiger partial charge in [-0.2, -0.15) is 0 Å². The first-order chi connectivity index (χ1) is 21.2. The van der Waals surface area contributed by atoms with Crippen LogP contribution < -0.4 is 9.46 Å². The van der Waals surface area contributed by atoms with Crippen LogP contribution in [0.25, 0.3) is 11.1 Å². The maximum atomic E-state index is 13.8. The SMILES string of the molecule is C[C@@H]1CN([C@H](C)CO)C(=O)c2cccc(NS(=O)(=O)c3ccccc3)c2O[C@@H]1CN(C)Cc1ccc(-c2ccccc2)cc1. The number of hydrogen-bond donors (Lipinski definition) is 2. The molecular formula is C35H39N3O5S. The minimum atomic E-state index is -3.94. The molecule has 0 saturated carbocycles. The van der Waals surface area contributed by atoms with E-state index < -0.39 is 16.1 Å². The molecule has 5 rings (SSSR count). The second-order valence-corrected chi connectivity index (χ2v) is 13.2. The number of nitrogens with one attached hydrogen (secondary N) is 1. The van der Waals surface area contributed by atoms with Crippen LogP contribution in [0.1, 0.15) is 29.8 Å². The summed E-state index contributed by atoms with van der Waals surface area (Å²) in [6, 6.07) is 31.2. The largest absolute Gasteiger partial charge is 0.486 e. The molecule has 8 nitrogen and oxygen atoms in total. The number of likely N-dealkylation sites (N-methyl/N-ethyl adjacent to an activating group) is 1. The molecule has 4 aromatic carbocycles. The van der Waals surface area contributed by atoms with E-state index in [0.29, 0.717) is 19.6 Å². The Balaban J connectivity index is 1.42. The third kappa shape index (κ3) is 7.13. The first-order valence-corrected chi connectivity index (χ1v) is 16.3. The van der Waals surface area contributed by atoms with Crippen molar-refractivity contribution in [2.45, 2.75) is 37.4 Å². The number of amides is 1. The molecule has 0 saturated heterocycles. The van der Waals surface area contributed by atoms with Crippen LogP contribution in [0, 0.1) is 5.92 Å². The van der Waals surface area contributed by atoms with Gasteiger partial charge in [-0.3, -0.25) is 14.4 Å². The summed E-state index contributed by atoms with van der Waals surface area (Å²) in [7, 11) is -1.93. The van der Waals surface area contributed by atoms with Crippen molar-refractivity contribution in [3.8, 4) is 16.9 Å². The summed E-state index contributed by atoms with van der Waals surface area (Å²) in [6.07, 6.45) is -0.383. The Kier molecular flexibility index (Phi) is 9.68. The topological polar surface area (TPSA) is 99.2 Å². The van der Waals surface area contributed by atoms with Crippen LogP contribution in [-0.2, 0) is 16.6 Å². The highest BCUT2D eigenvalue weighted by Gasteiger charge is 2.35. The minimum absolute atomic E-state index is 0.105. The lowest BCUT2D eigenvalue weighted by Gasteiger charge is -2.38. The molecule has 0 aromatic heterocycles. The number of anilines is 1. The highest BCUT2D eigenvalue weighted by molar-refractivity contribution is 7.92. The van der Waals surface area contributed by atoms with E-state index in [1.165, 1.54) is 12.1 Å². The van der Waals surface area contributed by atoms with Gasteiger partial charge in [0.25, 0.3) is 15.9 Å². The maximum Gasteiger partial charge on any atom is 0.262 e. The van der Waals surface area contributed by atoms with Gasteiger partial charge in [-0.05, 0) is 54.9 Å². The highest BCUT2D eigenvalue weighted by atomic mass is 32.2. The first kappa shape index (κ1) is 31.3. The van der Waals surface area contributed by atoms with E-state index in [1.54, 1.807) is 48.2 Å². The smallest absolute Gasteiger partial charge is 0.262 e. The Labute approximate surface area is 260 Å². The summed E-state index contributed by atoms with van der Waals surface area (Å²) in [6.45, 7) is 5.19. The summed E-state index contributed by atoms with van der Waals surface area (Å²) >= 11 is 0. The Morgan fingerprint density at radius 1 is 0.932 bits per heavy atom. The fourth-order valence-corrected chi connectivity index (χ4v) is 6.55. The van der Waals surface area contributed by atoms with Crippen LogP contribution >= 0.6 is 0 Å². The zero-order chi connectivity index (χ0) is 31.3. The van der Waals surface area contributed by atoms with Gasteiger partial charge in [-0.15, -0.1) is 0 Å². The van der Waals surface area contributed by atoms with Crippen molar-refractivity contribution >= 4 is 21.6 Å². The van der Waals surface area contributed by atoms with Crippen LogP contribution in [0.15, 0.2) is 108 Å². The van der Waals surface area contributed by atoms with Crippen molar-refractivity contribution < 1.29 is 23.1 Å². The lowest BCUT2D eigenvalue weighted by Crippen LogP contribution is -2.49. The number of aliphatic hydroxyl groups is 1. The van der Waals surface area contributed by atoms with Gasteiger partial charge in [0.1, 0.15) is 6.10 Å². The number of carbonyl (C=O) groups is 1. The monoisotopic (exact) mass is 613 g/mol. The second-order valence-electron chi connectivity index (χ2n) is 11.5. The molecule has 0 fully saturated rings. The maximum absolute atomic E-state index is 13.8. The van der Waals surface area contributed by atoms with Gasteiger partial charge >= 0.3 is 0 Å². The van der Waals surface area contributed by atoms with Crippen LogP contribution in [0.5, 0.6) is 5.75 Å². The summed E-state index contributed by atoms with van der Waals surface area (Å²) in [4.78, 5) is 17.7. The third-order valence-corrected chi connectivity index (χ3v) is 9.38. The summed E-state index contributed by atoms with van der Waals surface area (Å²) < 4.78 is 35.8. The van der Waals surface area contributed by atoms with E-state index in [0.717, 1.165) is 16.7 Å². The van der Waals surface area contributed by atoms with Gasteiger partial charge in [-0.1, -0.05) is 85.8 Å². The van der Waals surface area contributed by atoms with E-state index in [4.69, 9.17) is 4.74 Å². The molecule has 230 valence electrons. The van der Waals surface area contributed by atoms with Crippen molar-refractivity contribution in [2.24, 2.45) is 5.92 Å². The number of benzene rings is 4. The zero-order valence-electron chi connectivity index (χ0n) is 25.3. The number of hydrogen-bond acceptors (Lipinski definition) is 6. The quantitative estimate of drug-likeness (QED) is 0.245. The predicted octanol–water partition coefficient (Wildman–Crippen LogP) is 5.51. The number of carbonyl (C=O) groups excluding carboxylic acids is 1. The van der Waals surface area contributed by atoms with Crippen molar-refractivity contribution in [3.63, 3.8) is 0 Å². The number of rotatable bonds is 10. The number of ether oxygens (including phenoxy) is 1. The van der Waals surface area contributed by atoms with Gasteiger partial charge in [0.05, 0.1) is 28.8 Å². The fraction of sp³-hybridized carbons (Fsp3) is 0.286. The standard InChI is InChI=1S/C35H39N3O5S/c1-25-21-38(26(2)24-39)35(40)31-15-10-16-32(36-44(41,42)30-13-8-5-9-14-30)34(31)43-33(25)23-37(3)22-27-17-19-29(20-18-27)28-11-6-4-7-12-28/h4-20,25-26,33,36,39H,21-24H2,1-3H3/t25-,26-,33-/m1/s1. The molecule has 1 aliphatic heterocycles. The molecule has 3 atom stereocenters. The van der Waals surface area contributed by atoms with Crippen molar-refractivity contribution in [1.82, 2.24) is 9.80 Å². The average molecular weight is 614 g/mol. The van der Waals surface area contributed by atoms with E-state index >= 15 is 0 Å². The number of sulfonamides is 1. The third-order valence-electron chi connectivity index (χ3n) is 7.99. The molecule has 4 aromatic rings. The predicted molar refractivity (Wildman–Crippen MR) is 173 cm³/mol. The van der Waals surface area contributed by atoms with Crippen molar-refractivity contribution in [2.75, 3.05) is 31.5 Å². The van der Waals surface area contributed by atoms with Crippen LogP contribution in [0.3, 0.4) is 0 Å². The van der Waals surface area contributed by atoms with E-state index in [9.17, 15) is 18.3 Å². The number of aliphatic hydroxyl groups excluding tert-OH is 1. The molecule has 2 N–H and O–H groups in total. The second kappa shape index (κ2) is 13.6. The molecule has 1 amide bonds. The van der Waals surface area contributed by atoms with Gasteiger partial charge in [0.2, 0.25) is 0 Å². The Morgan fingerprint density at radius 3 is 2.23 bits per heavy atom. The van der Waals surface area contributed by atoms with E-state index in [-0.39, 0.29) is 46.4 Å². The average Bonchev–Trinajstić information content (AvgIpc) is 3.03. The number of para-hydroxylation sites is 1. The molecule has 1 heterocycles. The van der Waals surface area contributed by atoms with Crippen molar-refractivity contribution in [1.29, 1.82) is 0 Å². The molecule has 44 heavy (non-hydrogen) atoms. The van der Waals surface area contributed by atoms with Crippen molar-refractivity contribution in [3.05, 3.63) is 114 Å². The Hall–Kier alpha value is -4.18. The van der Waals surface area contributed by atoms with Gasteiger partial charge in [0.15, 0.2) is 5.75 Å². The van der Waals surface area contributed by atoms with Gasteiger partial charge in [-0.25, -0.2) is 8.42 Å². The molecule has 0 bridgehead atoms. The summed E-state index contributed by atoms with van der Waals surface area (Å²) in [5.74, 6) is -0.258. The minimum Gasteiger partial charge on any atom is -0.486 e. The molecule has 0 radical (unpaired) electrons. The lowest BCUT2D eigenvalue weighted by molar-refractivity contribution is 0.0344. The Morgan fingerprint density at radius 2 is 1.57 bits per heavy atom. The molecule has 9 heteroatoms. The van der Waals surface area contributed by atoms with E-state index in [2.05, 4.69) is 46.0 Å². The molecule has 0 spiro atoms. The van der Waals surface area contributed by atoms with Crippen LogP contribution in [-0.4, -0.2) is 68.1 Å². The van der Waals surface area contributed by atoms with Gasteiger partial charge in [0, 0.05) is 25.6 Å². The zero-order valence-corrected chi connectivity index (χ0v) is 26.1. The van der Waals surface area contributed by atoms with Crippen LogP contribution in [0.2, 0.25) is 0 Å². The van der Waals surface area contributed by atoms with E-state index in [1.807, 2.05) is 32.2 Å². The number of nitrogens with zero attached hydrogens (tertiary/aromatic N) is 2. The summed E-state index contributed by atoms with van der Waals surface area (Å²) in [5.41, 5.74) is 3.90. The normalized spacial score (nSPS) is 17.8. The molecule has 0 unspecified atom stereocenters. The first-order valence-electron chi connectivity index (χ1n) is 14.8.